The molecule has 0 spiro atoms. The Bertz CT molecular complexity index is 1180. The fourth-order valence-corrected chi connectivity index (χ4v) is 5.88. The zero-order valence-electron chi connectivity index (χ0n) is 34.4. The number of hydrogen-bond acceptors (Lipinski definition) is 10. The van der Waals surface area contributed by atoms with Crippen LogP contribution in [0, 0.1) is 0 Å². The maximum absolute atomic E-state index is 12.6. The van der Waals surface area contributed by atoms with Gasteiger partial charge in [-0.1, -0.05) is 132 Å². The number of aliphatic hydroxyl groups excluding tert-OH is 3. The Labute approximate surface area is 338 Å². The molecule has 0 fully saturated rings. The first-order valence-electron chi connectivity index (χ1n) is 21.0. The number of aliphatic hydroxyl groups is 3. The van der Waals surface area contributed by atoms with Crippen LogP contribution in [0.3, 0.4) is 0 Å². The Morgan fingerprint density at radius 3 is 1.77 bits per heavy atom. The number of carbonyl (C=O) groups excluding carboxylic acids is 2. The SMILES string of the molecule is CCCCC/C=C\C/C=C\CCCCCCCC(=O)O[C@H](COC(=O)CCC/C=C/C=C\C(O)C/C=C\C/C=C\CCCCC)COP(=O)(O)OC[C@@H](O)CO. The van der Waals surface area contributed by atoms with E-state index in [9.17, 15) is 29.3 Å². The third-order valence-corrected chi connectivity index (χ3v) is 9.36. The molecule has 11 nitrogen and oxygen atoms in total. The Morgan fingerprint density at radius 1 is 0.607 bits per heavy atom. The second-order valence-corrected chi connectivity index (χ2v) is 15.3. The van der Waals surface area contributed by atoms with Crippen molar-refractivity contribution in [3.05, 3.63) is 72.9 Å². The van der Waals surface area contributed by atoms with Crippen LogP contribution in [0.2, 0.25) is 0 Å². The Balaban J connectivity index is 4.54. The van der Waals surface area contributed by atoms with Gasteiger partial charge in [0.15, 0.2) is 6.10 Å². The fraction of sp³-hybridized carbons (Fsp3) is 0.682. The monoisotopic (exact) mass is 811 g/mol. The van der Waals surface area contributed by atoms with Gasteiger partial charge in [-0.15, -0.1) is 0 Å². The third-order valence-electron chi connectivity index (χ3n) is 8.41. The number of esters is 2. The summed E-state index contributed by atoms with van der Waals surface area (Å²) in [5.74, 6) is -1.08. The van der Waals surface area contributed by atoms with Gasteiger partial charge in [0.05, 0.1) is 25.9 Å². The number of rotatable bonds is 38. The number of phosphoric ester groups is 1. The minimum absolute atomic E-state index is 0.0999. The standard InChI is InChI=1S/C44H75O11P/c1-3-5-7-9-11-13-14-15-16-17-18-20-22-26-31-35-44(49)55-42(39-54-56(50,51)53-37-41(47)36-45)38-52-43(48)34-30-27-23-25-29-33-40(46)32-28-24-21-19-12-10-8-6-4-2/h11-13,15-16,19,23-25,28-29,33,40-42,45-47H,3-10,14,17-18,20-22,26-27,30-32,34-39H2,1-2H3,(H,50,51)/b13-11-,16-15-,19-12-,25-23+,28-24-,33-29-/t40?,41-,42+/m0/s1. The van der Waals surface area contributed by atoms with Crippen LogP contribution in [0.25, 0.3) is 0 Å². The maximum Gasteiger partial charge on any atom is 0.472 e. The van der Waals surface area contributed by atoms with Gasteiger partial charge in [0, 0.05) is 12.8 Å². The van der Waals surface area contributed by atoms with Crippen LogP contribution in [0.4, 0.5) is 0 Å². The largest absolute Gasteiger partial charge is 0.472 e. The molecule has 0 aromatic heterocycles. The number of carbonyl (C=O) groups is 2. The molecule has 12 heteroatoms. The van der Waals surface area contributed by atoms with Gasteiger partial charge in [-0.25, -0.2) is 4.57 Å². The molecule has 0 aromatic carbocycles. The van der Waals surface area contributed by atoms with Crippen molar-refractivity contribution in [3.63, 3.8) is 0 Å². The molecule has 56 heavy (non-hydrogen) atoms. The lowest BCUT2D eigenvalue weighted by atomic mass is 10.1. The van der Waals surface area contributed by atoms with Crippen LogP contribution in [0.1, 0.15) is 149 Å². The summed E-state index contributed by atoms with van der Waals surface area (Å²) in [6.07, 6.45) is 40.4. The Morgan fingerprint density at radius 2 is 1.14 bits per heavy atom. The highest BCUT2D eigenvalue weighted by Gasteiger charge is 2.27. The second-order valence-electron chi connectivity index (χ2n) is 13.9. The van der Waals surface area contributed by atoms with Gasteiger partial charge in [0.2, 0.25) is 0 Å². The van der Waals surface area contributed by atoms with Crippen molar-refractivity contribution in [1.29, 1.82) is 0 Å². The molecule has 0 saturated heterocycles. The molecule has 0 heterocycles. The van der Waals surface area contributed by atoms with Crippen molar-refractivity contribution in [3.8, 4) is 0 Å². The molecule has 4 atom stereocenters. The van der Waals surface area contributed by atoms with E-state index in [0.29, 0.717) is 25.7 Å². The van der Waals surface area contributed by atoms with Crippen molar-refractivity contribution < 1.29 is 52.9 Å². The summed E-state index contributed by atoms with van der Waals surface area (Å²) in [7, 11) is -4.66. The van der Waals surface area contributed by atoms with E-state index in [1.54, 1.807) is 12.2 Å². The first-order chi connectivity index (χ1) is 27.1. The van der Waals surface area contributed by atoms with Crippen LogP contribution in [-0.2, 0) is 32.7 Å². The lowest BCUT2D eigenvalue weighted by Crippen LogP contribution is -2.29. The van der Waals surface area contributed by atoms with Gasteiger partial charge < -0.3 is 29.7 Å². The van der Waals surface area contributed by atoms with E-state index in [4.69, 9.17) is 19.1 Å². The lowest BCUT2D eigenvalue weighted by Gasteiger charge is -2.20. The molecular formula is C44H75O11P. The van der Waals surface area contributed by atoms with E-state index in [-0.39, 0.29) is 19.4 Å². The zero-order valence-corrected chi connectivity index (χ0v) is 35.3. The van der Waals surface area contributed by atoms with E-state index in [2.05, 4.69) is 54.8 Å². The lowest BCUT2D eigenvalue weighted by molar-refractivity contribution is -0.161. The first-order valence-corrected chi connectivity index (χ1v) is 22.5. The molecule has 2 unspecified atom stereocenters. The van der Waals surface area contributed by atoms with Crippen LogP contribution in [0.15, 0.2) is 72.9 Å². The highest BCUT2D eigenvalue weighted by atomic mass is 31.2. The smallest absolute Gasteiger partial charge is 0.462 e. The summed E-state index contributed by atoms with van der Waals surface area (Å²) in [6, 6.07) is 0. The summed E-state index contributed by atoms with van der Waals surface area (Å²) in [5.41, 5.74) is 0. The molecule has 0 bridgehead atoms. The van der Waals surface area contributed by atoms with E-state index >= 15 is 0 Å². The number of phosphoric acid groups is 1. The van der Waals surface area contributed by atoms with Crippen LogP contribution in [0.5, 0.6) is 0 Å². The summed E-state index contributed by atoms with van der Waals surface area (Å²) in [4.78, 5) is 34.9. The van der Waals surface area contributed by atoms with Crippen molar-refractivity contribution in [2.45, 2.75) is 167 Å². The summed E-state index contributed by atoms with van der Waals surface area (Å²) < 4.78 is 32.5. The molecule has 0 aromatic rings. The summed E-state index contributed by atoms with van der Waals surface area (Å²) in [6.45, 7) is 2.12. The minimum Gasteiger partial charge on any atom is -0.462 e. The number of ether oxygens (including phenoxy) is 2. The van der Waals surface area contributed by atoms with Gasteiger partial charge in [-0.05, 0) is 77.0 Å². The summed E-state index contributed by atoms with van der Waals surface area (Å²) in [5, 5.41) is 28.4. The molecule has 0 amide bonds. The van der Waals surface area contributed by atoms with Gasteiger partial charge in [-0.2, -0.15) is 0 Å². The van der Waals surface area contributed by atoms with E-state index in [0.717, 1.165) is 57.8 Å². The van der Waals surface area contributed by atoms with Gasteiger partial charge in [0.1, 0.15) is 12.7 Å². The molecule has 322 valence electrons. The Kier molecular flexibility index (Phi) is 37.4. The van der Waals surface area contributed by atoms with E-state index in [1.807, 2.05) is 24.3 Å². The maximum atomic E-state index is 12.6. The van der Waals surface area contributed by atoms with Crippen LogP contribution < -0.4 is 0 Å². The molecule has 0 aliphatic carbocycles. The number of allylic oxidation sites excluding steroid dienone is 10. The van der Waals surface area contributed by atoms with E-state index in [1.165, 1.54) is 38.5 Å². The van der Waals surface area contributed by atoms with Gasteiger partial charge >= 0.3 is 19.8 Å². The van der Waals surface area contributed by atoms with Crippen molar-refractivity contribution >= 4 is 19.8 Å². The summed E-state index contributed by atoms with van der Waals surface area (Å²) >= 11 is 0. The molecule has 0 aliphatic rings. The van der Waals surface area contributed by atoms with E-state index < -0.39 is 57.9 Å². The predicted molar refractivity (Wildman–Crippen MR) is 225 cm³/mol. The fourth-order valence-electron chi connectivity index (χ4n) is 5.09. The zero-order chi connectivity index (χ0) is 41.4. The second kappa shape index (κ2) is 39.2. The molecule has 4 N–H and O–H groups in total. The average molecular weight is 811 g/mol. The minimum atomic E-state index is -4.66. The molecule has 0 aliphatic heterocycles. The van der Waals surface area contributed by atoms with Crippen molar-refractivity contribution in [2.24, 2.45) is 0 Å². The highest BCUT2D eigenvalue weighted by molar-refractivity contribution is 7.47. The van der Waals surface area contributed by atoms with Gasteiger partial charge in [-0.3, -0.25) is 18.6 Å². The predicted octanol–water partition coefficient (Wildman–Crippen LogP) is 9.86. The Hall–Kier alpha value is -2.63. The molecular weight excluding hydrogens is 735 g/mol. The highest BCUT2D eigenvalue weighted by Crippen LogP contribution is 2.43. The first kappa shape index (κ1) is 53.4. The van der Waals surface area contributed by atoms with Crippen molar-refractivity contribution in [2.75, 3.05) is 26.4 Å². The molecule has 0 rings (SSSR count). The molecule has 0 saturated carbocycles. The number of unbranched alkanes of at least 4 members (excludes halogenated alkanes) is 12. The topological polar surface area (TPSA) is 169 Å². The molecule has 0 radical (unpaired) electrons. The third kappa shape index (κ3) is 38.3. The van der Waals surface area contributed by atoms with Crippen LogP contribution in [-0.4, -0.2) is 76.9 Å². The van der Waals surface area contributed by atoms with Crippen molar-refractivity contribution in [1.82, 2.24) is 0 Å². The quantitative estimate of drug-likeness (QED) is 0.0154. The normalized spacial score (nSPS) is 15.2. The average Bonchev–Trinajstić information content (AvgIpc) is 3.18. The van der Waals surface area contributed by atoms with Crippen LogP contribution >= 0.6 is 7.82 Å². The van der Waals surface area contributed by atoms with Gasteiger partial charge in [0.25, 0.3) is 0 Å². The number of hydrogen-bond donors (Lipinski definition) is 4.